The number of amides is 1. The maximum absolute atomic E-state index is 10.8. The average molecular weight is 234 g/mol. The first-order valence-corrected chi connectivity index (χ1v) is 5.76. The Morgan fingerprint density at radius 3 is 2.53 bits per heavy atom. The van der Waals surface area contributed by atoms with Gasteiger partial charge >= 0.3 is 0 Å². The van der Waals surface area contributed by atoms with E-state index in [0.717, 1.165) is 37.6 Å². The molecule has 1 aliphatic heterocycles. The Bertz CT molecular complexity index is 399. The van der Waals surface area contributed by atoms with Crippen LogP contribution in [0.2, 0.25) is 0 Å². The van der Waals surface area contributed by atoms with Crippen LogP contribution >= 0.6 is 0 Å². The summed E-state index contributed by atoms with van der Waals surface area (Å²) in [7, 11) is 0. The maximum Gasteiger partial charge on any atom is 0.231 e. The highest BCUT2D eigenvalue weighted by Crippen LogP contribution is 2.18. The van der Waals surface area contributed by atoms with E-state index in [9.17, 15) is 4.79 Å². The Labute approximate surface area is 101 Å². The average Bonchev–Trinajstić information content (AvgIpc) is 2.29. The van der Waals surface area contributed by atoms with Crippen molar-refractivity contribution in [1.82, 2.24) is 4.90 Å². The summed E-state index contributed by atoms with van der Waals surface area (Å²) < 4.78 is 0. The van der Waals surface area contributed by atoms with E-state index in [2.05, 4.69) is 15.9 Å². The summed E-state index contributed by atoms with van der Waals surface area (Å²) in [6.07, 6.45) is 0. The van der Waals surface area contributed by atoms with E-state index in [1.807, 2.05) is 18.2 Å². The molecule has 1 amide bonds. The number of carbonyl (C=O) groups is 1. The number of primary amides is 1. The largest absolute Gasteiger partial charge is 0.399 e. The number of nitrogens with two attached hydrogens (primary N) is 2. The Balaban J connectivity index is 1.93. The molecule has 0 aliphatic carbocycles. The molecule has 92 valence electrons. The summed E-state index contributed by atoms with van der Waals surface area (Å²) in [6.45, 7) is 3.87. The summed E-state index contributed by atoms with van der Waals surface area (Å²) in [6, 6.07) is 7.87. The first kappa shape index (κ1) is 11.7. The molecule has 4 N–H and O–H groups in total. The Kier molecular flexibility index (Phi) is 3.49. The lowest BCUT2D eigenvalue weighted by atomic mass is 10.2. The first-order chi connectivity index (χ1) is 8.15. The van der Waals surface area contributed by atoms with Gasteiger partial charge in [-0.2, -0.15) is 0 Å². The number of carbonyl (C=O) groups excluding carboxylic acids is 1. The van der Waals surface area contributed by atoms with E-state index in [4.69, 9.17) is 11.5 Å². The highest BCUT2D eigenvalue weighted by molar-refractivity contribution is 5.76. The van der Waals surface area contributed by atoms with Gasteiger partial charge in [-0.05, 0) is 18.2 Å². The van der Waals surface area contributed by atoms with Crippen LogP contribution in [-0.2, 0) is 4.79 Å². The molecule has 1 fully saturated rings. The van der Waals surface area contributed by atoms with Crippen molar-refractivity contribution in [2.45, 2.75) is 0 Å². The van der Waals surface area contributed by atoms with Gasteiger partial charge in [-0.3, -0.25) is 9.69 Å². The van der Waals surface area contributed by atoms with E-state index in [1.54, 1.807) is 0 Å². The Morgan fingerprint density at radius 1 is 1.24 bits per heavy atom. The minimum absolute atomic E-state index is 0.262. The van der Waals surface area contributed by atoms with Gasteiger partial charge in [0.1, 0.15) is 0 Å². The molecule has 5 heteroatoms. The third-order valence-corrected chi connectivity index (χ3v) is 2.99. The van der Waals surface area contributed by atoms with Crippen LogP contribution in [0.5, 0.6) is 0 Å². The van der Waals surface area contributed by atoms with Gasteiger partial charge in [0.2, 0.25) is 5.91 Å². The van der Waals surface area contributed by atoms with Crippen LogP contribution in [0, 0.1) is 0 Å². The summed E-state index contributed by atoms with van der Waals surface area (Å²) in [5, 5.41) is 0. The zero-order chi connectivity index (χ0) is 12.3. The van der Waals surface area contributed by atoms with Crippen molar-refractivity contribution in [3.8, 4) is 0 Å². The SMILES string of the molecule is NC(=O)CN1CCN(c2cccc(N)c2)CC1. The lowest BCUT2D eigenvalue weighted by molar-refractivity contribution is -0.119. The van der Waals surface area contributed by atoms with Crippen LogP contribution < -0.4 is 16.4 Å². The number of hydrogen-bond donors (Lipinski definition) is 2. The topological polar surface area (TPSA) is 75.6 Å². The molecule has 1 heterocycles. The number of benzene rings is 1. The molecule has 1 aromatic rings. The molecule has 0 saturated carbocycles. The van der Waals surface area contributed by atoms with Gasteiger partial charge in [0.05, 0.1) is 6.54 Å². The normalized spacial score (nSPS) is 17.1. The van der Waals surface area contributed by atoms with E-state index >= 15 is 0 Å². The van der Waals surface area contributed by atoms with Crippen molar-refractivity contribution in [2.75, 3.05) is 43.4 Å². The fraction of sp³-hybridized carbons (Fsp3) is 0.417. The molecule has 0 radical (unpaired) electrons. The number of piperazine rings is 1. The molecule has 1 aliphatic rings. The van der Waals surface area contributed by atoms with Gasteiger partial charge < -0.3 is 16.4 Å². The molecule has 5 nitrogen and oxygen atoms in total. The summed E-state index contributed by atoms with van der Waals surface area (Å²) >= 11 is 0. The smallest absolute Gasteiger partial charge is 0.231 e. The summed E-state index contributed by atoms with van der Waals surface area (Å²) in [5.41, 5.74) is 12.9. The minimum Gasteiger partial charge on any atom is -0.399 e. The highest BCUT2D eigenvalue weighted by atomic mass is 16.1. The van der Waals surface area contributed by atoms with Crippen molar-refractivity contribution in [2.24, 2.45) is 5.73 Å². The second kappa shape index (κ2) is 5.05. The van der Waals surface area contributed by atoms with Gasteiger partial charge in [-0.1, -0.05) is 6.07 Å². The fourth-order valence-corrected chi connectivity index (χ4v) is 2.11. The minimum atomic E-state index is -0.262. The molecular formula is C12H18N4O. The Hall–Kier alpha value is -1.75. The van der Waals surface area contributed by atoms with E-state index < -0.39 is 0 Å². The monoisotopic (exact) mass is 234 g/mol. The standard InChI is InChI=1S/C12H18N4O/c13-10-2-1-3-11(8-10)16-6-4-15(5-7-16)9-12(14)17/h1-3,8H,4-7,9,13H2,(H2,14,17). The number of nitrogen functional groups attached to an aromatic ring is 1. The van der Waals surface area contributed by atoms with E-state index in [1.165, 1.54) is 0 Å². The fourth-order valence-electron chi connectivity index (χ4n) is 2.11. The second-order valence-corrected chi connectivity index (χ2v) is 4.32. The van der Waals surface area contributed by atoms with Crippen LogP contribution in [0.1, 0.15) is 0 Å². The number of anilines is 2. The molecular weight excluding hydrogens is 216 g/mol. The van der Waals surface area contributed by atoms with Gasteiger partial charge in [0.15, 0.2) is 0 Å². The van der Waals surface area contributed by atoms with Crippen LogP contribution in [0.15, 0.2) is 24.3 Å². The summed E-state index contributed by atoms with van der Waals surface area (Å²) in [5.74, 6) is -0.262. The quantitative estimate of drug-likeness (QED) is 0.715. The number of rotatable bonds is 3. The second-order valence-electron chi connectivity index (χ2n) is 4.32. The van der Waals surface area contributed by atoms with Crippen LogP contribution in [-0.4, -0.2) is 43.5 Å². The molecule has 0 unspecified atom stereocenters. The molecule has 0 aromatic heterocycles. The third kappa shape index (κ3) is 3.10. The first-order valence-electron chi connectivity index (χ1n) is 5.76. The van der Waals surface area contributed by atoms with Crippen molar-refractivity contribution in [1.29, 1.82) is 0 Å². The third-order valence-electron chi connectivity index (χ3n) is 2.99. The lowest BCUT2D eigenvalue weighted by Gasteiger charge is -2.35. The predicted octanol–water partition coefficient (Wildman–Crippen LogP) is -0.124. The zero-order valence-electron chi connectivity index (χ0n) is 9.80. The van der Waals surface area contributed by atoms with Crippen molar-refractivity contribution in [3.63, 3.8) is 0 Å². The van der Waals surface area contributed by atoms with Gasteiger partial charge in [-0.15, -0.1) is 0 Å². The molecule has 0 bridgehead atoms. The molecule has 0 spiro atoms. The molecule has 2 rings (SSSR count). The Morgan fingerprint density at radius 2 is 1.94 bits per heavy atom. The van der Waals surface area contributed by atoms with Crippen molar-refractivity contribution >= 4 is 17.3 Å². The van der Waals surface area contributed by atoms with Crippen molar-refractivity contribution < 1.29 is 4.79 Å². The molecule has 1 saturated heterocycles. The van der Waals surface area contributed by atoms with Crippen LogP contribution in [0.25, 0.3) is 0 Å². The van der Waals surface area contributed by atoms with Crippen LogP contribution in [0.4, 0.5) is 11.4 Å². The molecule has 17 heavy (non-hydrogen) atoms. The van der Waals surface area contributed by atoms with E-state index in [-0.39, 0.29) is 5.91 Å². The van der Waals surface area contributed by atoms with Gasteiger partial charge in [0.25, 0.3) is 0 Å². The molecule has 0 atom stereocenters. The summed E-state index contributed by atoms with van der Waals surface area (Å²) in [4.78, 5) is 15.2. The lowest BCUT2D eigenvalue weighted by Crippen LogP contribution is -2.48. The predicted molar refractivity (Wildman–Crippen MR) is 68.7 cm³/mol. The van der Waals surface area contributed by atoms with Gasteiger partial charge in [-0.25, -0.2) is 0 Å². The number of nitrogens with zero attached hydrogens (tertiary/aromatic N) is 2. The maximum atomic E-state index is 10.8. The zero-order valence-corrected chi connectivity index (χ0v) is 9.80. The van der Waals surface area contributed by atoms with E-state index in [0.29, 0.717) is 6.54 Å². The van der Waals surface area contributed by atoms with Gasteiger partial charge in [0, 0.05) is 37.6 Å². The number of hydrogen-bond acceptors (Lipinski definition) is 4. The molecule has 1 aromatic carbocycles. The highest BCUT2D eigenvalue weighted by Gasteiger charge is 2.18. The van der Waals surface area contributed by atoms with Crippen LogP contribution in [0.3, 0.4) is 0 Å². The van der Waals surface area contributed by atoms with Crippen molar-refractivity contribution in [3.05, 3.63) is 24.3 Å².